The van der Waals surface area contributed by atoms with Crippen molar-refractivity contribution in [3.8, 4) is 17.2 Å². The Hall–Kier alpha value is -1.42. The summed E-state index contributed by atoms with van der Waals surface area (Å²) in [5, 5.41) is 9.94. The van der Waals surface area contributed by atoms with Crippen molar-refractivity contribution in [1.82, 2.24) is 0 Å². The van der Waals surface area contributed by atoms with Crippen molar-refractivity contribution in [3.05, 3.63) is 52.1 Å². The van der Waals surface area contributed by atoms with Gasteiger partial charge in [-0.05, 0) is 75.0 Å². The van der Waals surface area contributed by atoms with Crippen molar-refractivity contribution in [2.45, 2.75) is 148 Å². The van der Waals surface area contributed by atoms with E-state index in [1.165, 1.54) is 0 Å². The fourth-order valence-electron chi connectivity index (χ4n) is 7.34. The minimum atomic E-state index is -1.29. The predicted molar refractivity (Wildman–Crippen MR) is 192 cm³/mol. The average Bonchev–Trinajstić information content (AvgIpc) is 3.08. The van der Waals surface area contributed by atoms with Gasteiger partial charge in [0.2, 0.25) is 0 Å². The molecule has 7 nitrogen and oxygen atoms in total. The topological polar surface area (TPSA) is 102 Å². The number of ether oxygens (including phenoxy) is 3. The first kappa shape index (κ1) is 43.0. The van der Waals surface area contributed by atoms with Crippen molar-refractivity contribution >= 4 is 29.3 Å². The van der Waals surface area contributed by atoms with Gasteiger partial charge in [-0.2, -0.15) is 0 Å². The van der Waals surface area contributed by atoms with Crippen molar-refractivity contribution in [3.63, 3.8) is 0 Å². The zero-order valence-corrected chi connectivity index (χ0v) is 35.2. The van der Waals surface area contributed by atoms with Crippen LogP contribution in [0.25, 0.3) is 0 Å². The van der Waals surface area contributed by atoms with E-state index in [4.69, 9.17) is 25.8 Å². The third-order valence-electron chi connectivity index (χ3n) is 10.4. The summed E-state index contributed by atoms with van der Waals surface area (Å²) in [4.78, 5) is 39.2. The van der Waals surface area contributed by atoms with Gasteiger partial charge in [0.1, 0.15) is 22.8 Å². The van der Waals surface area contributed by atoms with Crippen LogP contribution < -0.4 is 70.7 Å². The number of fused-ring (bicyclic) bond motifs is 1. The Morgan fingerprint density at radius 1 is 0.940 bits per heavy atom. The van der Waals surface area contributed by atoms with Crippen LogP contribution in [0.5, 0.6) is 17.2 Å². The number of hydrogen-bond donors (Lipinski definition) is 0. The average molecular weight is 735 g/mol. The first-order valence-corrected chi connectivity index (χ1v) is 19.2. The Morgan fingerprint density at radius 3 is 2.16 bits per heavy atom. The molecule has 2 atom stereocenters. The molecule has 2 unspecified atom stereocenters. The minimum Gasteiger partial charge on any atom is -0.549 e. The molecule has 1 heterocycles. The molecule has 50 heavy (non-hydrogen) atoms. The van der Waals surface area contributed by atoms with Gasteiger partial charge >= 0.3 is 57.4 Å². The van der Waals surface area contributed by atoms with Gasteiger partial charge in [0.15, 0.2) is 5.78 Å². The Morgan fingerprint density at radius 2 is 1.58 bits per heavy atom. The van der Waals surface area contributed by atoms with Crippen molar-refractivity contribution in [2.75, 3.05) is 6.61 Å². The van der Waals surface area contributed by atoms with E-state index in [0.29, 0.717) is 42.3 Å². The van der Waals surface area contributed by atoms with Crippen LogP contribution in [0.1, 0.15) is 144 Å². The number of carboxylic acids is 1. The van der Waals surface area contributed by atoms with Crippen molar-refractivity contribution < 1.29 is 85.1 Å². The van der Waals surface area contributed by atoms with E-state index in [0.717, 1.165) is 99.3 Å². The first-order chi connectivity index (χ1) is 23.5. The van der Waals surface area contributed by atoms with Crippen LogP contribution in [0.15, 0.2) is 24.3 Å². The molecule has 1 aliphatic heterocycles. The molecule has 2 aliphatic rings. The maximum Gasteiger partial charge on any atom is 1.00 e. The Kier molecular flexibility index (Phi) is 17.8. The van der Waals surface area contributed by atoms with Gasteiger partial charge in [-0.3, -0.25) is 9.59 Å². The number of carbonyl (C=O) groups excluding carboxylic acids is 3. The van der Waals surface area contributed by atoms with Crippen molar-refractivity contribution in [2.24, 2.45) is 11.8 Å². The van der Waals surface area contributed by atoms with E-state index in [1.807, 2.05) is 0 Å². The monoisotopic (exact) mass is 734 g/mol. The number of carboxylic acid groups (broad SMARTS) is 1. The summed E-state index contributed by atoms with van der Waals surface area (Å²) in [5.41, 5.74) is 3.53. The molecule has 2 aromatic carbocycles. The Balaban J connectivity index is 0.00000676. The maximum absolute atomic E-state index is 14.5. The molecule has 1 fully saturated rings. The number of esters is 1. The summed E-state index contributed by atoms with van der Waals surface area (Å²) >= 11 is 5.86. The first-order valence-electron chi connectivity index (χ1n) is 18.8. The van der Waals surface area contributed by atoms with Crippen LogP contribution in [0.2, 0.25) is 0 Å². The van der Waals surface area contributed by atoms with E-state index in [1.54, 1.807) is 24.3 Å². The quantitative estimate of drug-likeness (QED) is 0.0858. The summed E-state index contributed by atoms with van der Waals surface area (Å²) in [6, 6.07) is 7.20. The molecule has 0 aromatic heterocycles. The Bertz CT molecular complexity index is 1430. The number of unbranched alkanes of at least 4 members (excludes halogenated alkanes) is 2. The standard InChI is InChI=1S/C41H57ClO7.K/c1-6-9-17-32-31(14-8-3)38-36(33(18-10-7-2)37(32)48-40(46)29-15-12-11-13-16-29)35(43)26-41(49-38,27(4)5)23-24-47-30-21-19-28(20-22-30)25-34(42)39(44)45;/h19-22,27,29,34H,6-18,23-26H2,1-5H3,(H,44,45);/q;+1/p-1. The molecule has 270 valence electrons. The SMILES string of the molecule is CCCCc1c(CCC)c2c(c(CCCC)c1OC(=O)C1CCCCC1)C(=O)CC(CCOc1ccc(CC(Cl)C(=O)[O-])cc1)(C(C)C)O2.[K+]. The van der Waals surface area contributed by atoms with Crippen LogP contribution in [-0.2, 0) is 35.3 Å². The minimum absolute atomic E-state index is 0. The molecule has 1 aliphatic carbocycles. The van der Waals surface area contributed by atoms with E-state index < -0.39 is 16.9 Å². The third-order valence-corrected chi connectivity index (χ3v) is 10.7. The second kappa shape index (κ2) is 20.7. The van der Waals surface area contributed by atoms with Crippen LogP contribution in [0, 0.1) is 11.8 Å². The van der Waals surface area contributed by atoms with Gasteiger partial charge in [0.05, 0.1) is 35.9 Å². The molecule has 1 saturated carbocycles. The summed E-state index contributed by atoms with van der Waals surface area (Å²) in [6.07, 6.45) is 12.7. The number of ketones is 1. The molecule has 0 spiro atoms. The zero-order valence-electron chi connectivity index (χ0n) is 31.3. The molecule has 9 heteroatoms. The van der Waals surface area contributed by atoms with Gasteiger partial charge in [-0.15, -0.1) is 11.6 Å². The molecule has 0 N–H and O–H groups in total. The number of hydrogen-bond acceptors (Lipinski definition) is 7. The van der Waals surface area contributed by atoms with Crippen LogP contribution in [-0.4, -0.2) is 35.3 Å². The number of carbonyl (C=O) groups is 3. The normalized spacial score (nSPS) is 18.2. The van der Waals surface area contributed by atoms with E-state index in [-0.39, 0.29) is 87.8 Å². The van der Waals surface area contributed by atoms with E-state index in [2.05, 4.69) is 34.6 Å². The third kappa shape index (κ3) is 10.8. The molecular weight excluding hydrogens is 679 g/mol. The number of aliphatic carboxylic acids is 1. The molecular formula is C41H56ClKO7. The molecule has 0 radical (unpaired) electrons. The summed E-state index contributed by atoms with van der Waals surface area (Å²) < 4.78 is 19.8. The fourth-order valence-corrected chi connectivity index (χ4v) is 7.52. The van der Waals surface area contributed by atoms with Gasteiger partial charge in [0, 0.05) is 23.1 Å². The fraction of sp³-hybridized carbons (Fsp3) is 0.634. The number of Topliss-reactive ketones (excluding diaryl/α,β-unsaturated/α-hetero) is 1. The molecule has 4 rings (SSSR count). The van der Waals surface area contributed by atoms with Gasteiger partial charge in [-0.1, -0.05) is 85.3 Å². The van der Waals surface area contributed by atoms with Gasteiger partial charge in [0.25, 0.3) is 0 Å². The second-order valence-corrected chi connectivity index (χ2v) is 14.9. The summed E-state index contributed by atoms with van der Waals surface area (Å²) in [7, 11) is 0. The smallest absolute Gasteiger partial charge is 0.549 e. The summed E-state index contributed by atoms with van der Waals surface area (Å²) in [6.45, 7) is 11.0. The molecule has 0 amide bonds. The zero-order chi connectivity index (χ0) is 35.6. The number of benzene rings is 2. The predicted octanol–water partition coefficient (Wildman–Crippen LogP) is 5.54. The number of rotatable bonds is 18. The van der Waals surface area contributed by atoms with E-state index >= 15 is 0 Å². The van der Waals surface area contributed by atoms with Crippen LogP contribution in [0.3, 0.4) is 0 Å². The van der Waals surface area contributed by atoms with Gasteiger partial charge < -0.3 is 24.1 Å². The van der Waals surface area contributed by atoms with E-state index in [9.17, 15) is 19.5 Å². The number of alkyl halides is 1. The van der Waals surface area contributed by atoms with Crippen LogP contribution >= 0.6 is 11.6 Å². The molecule has 0 bridgehead atoms. The largest absolute Gasteiger partial charge is 1.00 e. The second-order valence-electron chi connectivity index (χ2n) is 14.3. The molecule has 2 aromatic rings. The van der Waals surface area contributed by atoms with Gasteiger partial charge in [-0.25, -0.2) is 0 Å². The van der Waals surface area contributed by atoms with Crippen LogP contribution in [0.4, 0.5) is 0 Å². The summed E-state index contributed by atoms with van der Waals surface area (Å²) in [5.74, 6) is 0.511. The maximum atomic E-state index is 14.5. The Labute approximate surface area is 347 Å². The molecule has 0 saturated heterocycles. The van der Waals surface area contributed by atoms with Crippen molar-refractivity contribution in [1.29, 1.82) is 0 Å². The number of halogens is 1.